The Morgan fingerprint density at radius 3 is 2.32 bits per heavy atom. The van der Waals surface area contributed by atoms with Gasteiger partial charge in [-0.25, -0.2) is 0 Å². The molecule has 1 N–H and O–H groups in total. The molecular formula is C25H22ClNO6S. The predicted octanol–water partition coefficient (Wildman–Crippen LogP) is 5.05. The van der Waals surface area contributed by atoms with E-state index in [1.165, 1.54) is 42.6 Å². The molecule has 0 spiro atoms. The van der Waals surface area contributed by atoms with Crippen LogP contribution in [0.1, 0.15) is 22.0 Å². The van der Waals surface area contributed by atoms with Crippen molar-refractivity contribution in [3.8, 4) is 17.2 Å². The molecule has 1 saturated heterocycles. The molecule has 1 atom stereocenters. The van der Waals surface area contributed by atoms with E-state index < -0.39 is 17.7 Å². The number of ketones is 1. The normalized spacial score (nSPS) is 17.2. The zero-order valence-corrected chi connectivity index (χ0v) is 20.3. The number of nitrogens with zero attached hydrogens (tertiary/aromatic N) is 1. The zero-order valence-electron chi connectivity index (χ0n) is 18.7. The van der Waals surface area contributed by atoms with Crippen molar-refractivity contribution in [2.75, 3.05) is 21.3 Å². The topological polar surface area (TPSA) is 85.3 Å². The maximum Gasteiger partial charge on any atom is 0.295 e. The molecule has 0 bridgehead atoms. The Labute approximate surface area is 205 Å². The number of likely N-dealkylation sites (tertiary alicyclic amines) is 1. The molecule has 176 valence electrons. The van der Waals surface area contributed by atoms with Gasteiger partial charge in [-0.15, -0.1) is 11.3 Å². The van der Waals surface area contributed by atoms with Crippen molar-refractivity contribution >= 4 is 40.4 Å². The number of hydrogen-bond donors (Lipinski definition) is 1. The summed E-state index contributed by atoms with van der Waals surface area (Å²) in [5.74, 6) is -0.705. The van der Waals surface area contributed by atoms with Crippen LogP contribution in [-0.2, 0) is 16.1 Å². The first-order valence-corrected chi connectivity index (χ1v) is 11.5. The summed E-state index contributed by atoms with van der Waals surface area (Å²) in [6, 6.07) is 12.9. The number of amides is 1. The molecule has 3 aromatic rings. The van der Waals surface area contributed by atoms with Crippen LogP contribution in [0.4, 0.5) is 0 Å². The summed E-state index contributed by atoms with van der Waals surface area (Å²) < 4.78 is 15.9. The number of carbonyl (C=O) groups is 2. The lowest BCUT2D eigenvalue weighted by molar-refractivity contribution is -0.140. The SMILES string of the molecule is COc1ccc(C2/C(=C(\O)c3cc(OC)c(Cl)cc3OC)C(=O)C(=O)N2Cc2cccs2)cc1. The molecule has 2 aromatic carbocycles. The minimum Gasteiger partial charge on any atom is -0.507 e. The third-order valence-corrected chi connectivity index (χ3v) is 6.76. The number of aliphatic hydroxyl groups excluding tert-OH is 1. The second kappa shape index (κ2) is 9.79. The van der Waals surface area contributed by atoms with Crippen molar-refractivity contribution in [3.05, 3.63) is 80.5 Å². The Hall–Kier alpha value is -3.49. The van der Waals surface area contributed by atoms with Crippen LogP contribution < -0.4 is 14.2 Å². The first-order chi connectivity index (χ1) is 16.4. The second-order valence-corrected chi connectivity index (χ2v) is 8.91. The quantitative estimate of drug-likeness (QED) is 0.278. The van der Waals surface area contributed by atoms with Crippen LogP contribution in [0.2, 0.25) is 5.02 Å². The first-order valence-electron chi connectivity index (χ1n) is 10.3. The molecular weight excluding hydrogens is 478 g/mol. The summed E-state index contributed by atoms with van der Waals surface area (Å²) in [6.45, 7) is 0.219. The average molecular weight is 500 g/mol. The van der Waals surface area contributed by atoms with Crippen molar-refractivity contribution in [1.29, 1.82) is 0 Å². The molecule has 0 radical (unpaired) electrons. The van der Waals surface area contributed by atoms with Crippen LogP contribution in [-0.4, -0.2) is 43.0 Å². The predicted molar refractivity (Wildman–Crippen MR) is 130 cm³/mol. The van der Waals surface area contributed by atoms with Crippen LogP contribution in [0.15, 0.2) is 59.5 Å². The fourth-order valence-corrected chi connectivity index (χ4v) is 4.87. The highest BCUT2D eigenvalue weighted by Crippen LogP contribution is 2.44. The fraction of sp³-hybridized carbons (Fsp3) is 0.200. The average Bonchev–Trinajstić information content (AvgIpc) is 3.46. The van der Waals surface area contributed by atoms with E-state index in [1.807, 2.05) is 17.5 Å². The minimum absolute atomic E-state index is 0.0469. The number of methoxy groups -OCH3 is 3. The third kappa shape index (κ3) is 4.22. The monoisotopic (exact) mass is 499 g/mol. The summed E-state index contributed by atoms with van der Waals surface area (Å²) in [5, 5.41) is 13.6. The molecule has 1 fully saturated rings. The van der Waals surface area contributed by atoms with Gasteiger partial charge in [0, 0.05) is 10.9 Å². The summed E-state index contributed by atoms with van der Waals surface area (Å²) in [4.78, 5) is 28.8. The Morgan fingerprint density at radius 2 is 1.74 bits per heavy atom. The number of hydrogen-bond acceptors (Lipinski definition) is 7. The van der Waals surface area contributed by atoms with Gasteiger partial charge in [0.05, 0.1) is 50.1 Å². The van der Waals surface area contributed by atoms with Gasteiger partial charge in [0.2, 0.25) is 0 Å². The lowest BCUT2D eigenvalue weighted by atomic mass is 9.94. The van der Waals surface area contributed by atoms with Crippen LogP contribution in [0.5, 0.6) is 17.2 Å². The lowest BCUT2D eigenvalue weighted by Crippen LogP contribution is -2.28. The highest BCUT2D eigenvalue weighted by Gasteiger charge is 2.46. The smallest absolute Gasteiger partial charge is 0.295 e. The van der Waals surface area contributed by atoms with Gasteiger partial charge in [0.1, 0.15) is 23.0 Å². The molecule has 0 aliphatic carbocycles. The van der Waals surface area contributed by atoms with E-state index in [2.05, 4.69) is 0 Å². The fourth-order valence-electron chi connectivity index (χ4n) is 3.94. The molecule has 1 unspecified atom stereocenters. The molecule has 2 heterocycles. The van der Waals surface area contributed by atoms with E-state index in [4.69, 9.17) is 25.8 Å². The van der Waals surface area contributed by atoms with E-state index >= 15 is 0 Å². The van der Waals surface area contributed by atoms with Gasteiger partial charge in [0.15, 0.2) is 0 Å². The largest absolute Gasteiger partial charge is 0.507 e. The summed E-state index contributed by atoms with van der Waals surface area (Å²) in [7, 11) is 4.41. The molecule has 1 amide bonds. The van der Waals surface area contributed by atoms with E-state index in [1.54, 1.807) is 31.4 Å². The van der Waals surface area contributed by atoms with Crippen molar-refractivity contribution in [3.63, 3.8) is 0 Å². The maximum atomic E-state index is 13.3. The standard InChI is InChI=1S/C25H22ClNO6S/c1-31-15-8-6-14(7-9-15)22-21(24(29)25(30)27(22)13-16-5-4-10-34-16)23(28)17-11-20(33-3)18(26)12-19(17)32-2/h4-12,22,28H,13H2,1-3H3/b23-21+. The van der Waals surface area contributed by atoms with Gasteiger partial charge in [-0.3, -0.25) is 9.59 Å². The number of Topliss-reactive ketones (excluding diaryl/α,β-unsaturated/α-hetero) is 1. The minimum atomic E-state index is -0.820. The number of aliphatic hydroxyl groups is 1. The van der Waals surface area contributed by atoms with Crippen LogP contribution in [0.3, 0.4) is 0 Å². The molecule has 0 saturated carbocycles. The van der Waals surface area contributed by atoms with Crippen molar-refractivity contribution in [2.24, 2.45) is 0 Å². The molecule has 4 rings (SSSR count). The number of benzene rings is 2. The van der Waals surface area contributed by atoms with E-state index in [9.17, 15) is 14.7 Å². The highest BCUT2D eigenvalue weighted by molar-refractivity contribution is 7.09. The number of carbonyl (C=O) groups excluding carboxylic acids is 2. The van der Waals surface area contributed by atoms with Crippen molar-refractivity contribution in [2.45, 2.75) is 12.6 Å². The van der Waals surface area contributed by atoms with Crippen molar-refractivity contribution < 1.29 is 28.9 Å². The molecule has 7 nitrogen and oxygen atoms in total. The second-order valence-electron chi connectivity index (χ2n) is 7.47. The zero-order chi connectivity index (χ0) is 24.4. The number of halogens is 1. The lowest BCUT2D eigenvalue weighted by Gasteiger charge is -2.25. The molecule has 1 aromatic heterocycles. The number of rotatable bonds is 7. The Morgan fingerprint density at radius 1 is 1.03 bits per heavy atom. The van der Waals surface area contributed by atoms with Crippen LogP contribution >= 0.6 is 22.9 Å². The summed E-state index contributed by atoms with van der Waals surface area (Å²) in [5.41, 5.74) is 0.795. The van der Waals surface area contributed by atoms with Crippen LogP contribution in [0.25, 0.3) is 5.76 Å². The Kier molecular flexibility index (Phi) is 6.81. The molecule has 9 heteroatoms. The van der Waals surface area contributed by atoms with Gasteiger partial charge in [-0.2, -0.15) is 0 Å². The maximum absolute atomic E-state index is 13.3. The van der Waals surface area contributed by atoms with E-state index in [-0.39, 0.29) is 40.0 Å². The van der Waals surface area contributed by atoms with Gasteiger partial charge < -0.3 is 24.2 Å². The number of ether oxygens (including phenoxy) is 3. The van der Waals surface area contributed by atoms with Crippen molar-refractivity contribution in [1.82, 2.24) is 4.90 Å². The highest BCUT2D eigenvalue weighted by atomic mass is 35.5. The third-order valence-electron chi connectivity index (χ3n) is 5.61. The van der Waals surface area contributed by atoms with Gasteiger partial charge >= 0.3 is 0 Å². The summed E-state index contributed by atoms with van der Waals surface area (Å²) in [6.07, 6.45) is 0. The van der Waals surface area contributed by atoms with Gasteiger partial charge in [0.25, 0.3) is 11.7 Å². The van der Waals surface area contributed by atoms with E-state index in [0.29, 0.717) is 11.3 Å². The first kappa shape index (κ1) is 23.7. The number of thiophene rings is 1. The van der Waals surface area contributed by atoms with E-state index in [0.717, 1.165) is 4.88 Å². The van der Waals surface area contributed by atoms with Crippen LogP contribution in [0, 0.1) is 0 Å². The Balaban J connectivity index is 1.92. The Bertz CT molecular complexity index is 1250. The molecule has 1 aliphatic rings. The molecule has 1 aliphatic heterocycles. The molecule has 34 heavy (non-hydrogen) atoms. The van der Waals surface area contributed by atoms with Gasteiger partial charge in [-0.05, 0) is 35.2 Å². The summed E-state index contributed by atoms with van der Waals surface area (Å²) >= 11 is 7.69. The van der Waals surface area contributed by atoms with Gasteiger partial charge in [-0.1, -0.05) is 29.8 Å².